The first kappa shape index (κ1) is 18.6. The van der Waals surface area contributed by atoms with Crippen LogP contribution in [0.3, 0.4) is 0 Å². The fourth-order valence-corrected chi connectivity index (χ4v) is 2.61. The van der Waals surface area contributed by atoms with Crippen molar-refractivity contribution < 1.29 is 23.4 Å². The average Bonchev–Trinajstić information content (AvgIpc) is 3.29. The molecule has 1 aromatic rings. The number of hydrogen-bond donors (Lipinski definition) is 3. The summed E-state index contributed by atoms with van der Waals surface area (Å²) in [5.41, 5.74) is -1.59. The van der Waals surface area contributed by atoms with Crippen molar-refractivity contribution in [1.29, 1.82) is 0 Å². The molecule has 134 valence electrons. The van der Waals surface area contributed by atoms with Crippen molar-refractivity contribution in [1.82, 2.24) is 10.6 Å². The van der Waals surface area contributed by atoms with Crippen molar-refractivity contribution in [2.45, 2.75) is 31.8 Å². The highest BCUT2D eigenvalue weighted by molar-refractivity contribution is 5.74. The van der Waals surface area contributed by atoms with Gasteiger partial charge in [-0.15, -0.1) is 0 Å². The van der Waals surface area contributed by atoms with Crippen molar-refractivity contribution in [2.75, 3.05) is 26.8 Å². The zero-order valence-corrected chi connectivity index (χ0v) is 14.0. The van der Waals surface area contributed by atoms with Gasteiger partial charge in [0.25, 0.3) is 0 Å². The molecule has 1 fully saturated rings. The highest BCUT2D eigenvalue weighted by atomic mass is 19.1. The standard InChI is InChI=1S/C17H24F2N2O3/c1-16(23,13-4-3-12(18)9-14(13)19)10-20-15(22)21-11-17(5-6-17)7-8-24-2/h3-4,9,23H,5-8,10-11H2,1-2H3,(H2,20,21,22). The third kappa shape index (κ3) is 4.88. The minimum Gasteiger partial charge on any atom is -0.385 e. The molecule has 7 heteroatoms. The van der Waals surface area contributed by atoms with Crippen LogP contribution in [0.4, 0.5) is 13.6 Å². The molecule has 3 N–H and O–H groups in total. The van der Waals surface area contributed by atoms with Crippen LogP contribution in [-0.4, -0.2) is 37.9 Å². The monoisotopic (exact) mass is 342 g/mol. The maximum Gasteiger partial charge on any atom is 0.314 e. The molecule has 1 saturated carbocycles. The SMILES string of the molecule is COCCC1(CNC(=O)NCC(C)(O)c2ccc(F)cc2F)CC1. The van der Waals surface area contributed by atoms with E-state index in [1.165, 1.54) is 13.0 Å². The summed E-state index contributed by atoms with van der Waals surface area (Å²) in [7, 11) is 1.65. The molecule has 0 heterocycles. The molecule has 1 aliphatic rings. The predicted molar refractivity (Wildman–Crippen MR) is 85.5 cm³/mol. The van der Waals surface area contributed by atoms with Crippen molar-refractivity contribution in [3.8, 4) is 0 Å². The molecule has 0 aliphatic heterocycles. The molecule has 1 unspecified atom stereocenters. The average molecular weight is 342 g/mol. The van der Waals surface area contributed by atoms with E-state index in [2.05, 4.69) is 10.6 Å². The van der Waals surface area contributed by atoms with Crippen LogP contribution in [0, 0.1) is 17.0 Å². The third-order valence-corrected chi connectivity index (χ3v) is 4.52. The number of rotatable bonds is 8. The van der Waals surface area contributed by atoms with Gasteiger partial charge in [-0.25, -0.2) is 13.6 Å². The van der Waals surface area contributed by atoms with Crippen molar-refractivity contribution in [3.63, 3.8) is 0 Å². The topological polar surface area (TPSA) is 70.6 Å². The minimum atomic E-state index is -1.64. The Morgan fingerprint density at radius 2 is 2.08 bits per heavy atom. The lowest BCUT2D eigenvalue weighted by molar-refractivity contribution is 0.0554. The number of urea groups is 1. The number of amides is 2. The van der Waals surface area contributed by atoms with Gasteiger partial charge in [-0.2, -0.15) is 0 Å². The van der Waals surface area contributed by atoms with Crippen LogP contribution in [0.1, 0.15) is 31.7 Å². The summed E-state index contributed by atoms with van der Waals surface area (Å²) >= 11 is 0. The Morgan fingerprint density at radius 1 is 1.38 bits per heavy atom. The number of carbonyl (C=O) groups is 1. The first-order valence-electron chi connectivity index (χ1n) is 7.97. The molecule has 0 aromatic heterocycles. The van der Waals surface area contributed by atoms with Crippen LogP contribution >= 0.6 is 0 Å². The van der Waals surface area contributed by atoms with E-state index >= 15 is 0 Å². The summed E-state index contributed by atoms with van der Waals surface area (Å²) in [5, 5.41) is 15.6. The van der Waals surface area contributed by atoms with Gasteiger partial charge in [0.15, 0.2) is 0 Å². The number of carbonyl (C=O) groups excluding carboxylic acids is 1. The summed E-state index contributed by atoms with van der Waals surface area (Å²) in [6.07, 6.45) is 2.99. The number of ether oxygens (including phenoxy) is 1. The minimum absolute atomic E-state index is 0.0667. The number of benzene rings is 1. The van der Waals surface area contributed by atoms with E-state index in [1.807, 2.05) is 0 Å². The largest absolute Gasteiger partial charge is 0.385 e. The molecule has 0 radical (unpaired) electrons. The highest BCUT2D eigenvalue weighted by Gasteiger charge is 2.42. The predicted octanol–water partition coefficient (Wildman–Crippen LogP) is 2.29. The molecule has 0 spiro atoms. The Bertz CT molecular complexity index is 589. The molecule has 5 nitrogen and oxygen atoms in total. The summed E-state index contributed by atoms with van der Waals surface area (Å²) in [5.74, 6) is -1.57. The molecule has 1 aromatic carbocycles. The molecule has 1 aliphatic carbocycles. The van der Waals surface area contributed by atoms with Crippen molar-refractivity contribution >= 4 is 6.03 Å². The lowest BCUT2D eigenvalue weighted by atomic mass is 9.95. The molecule has 0 saturated heterocycles. The fraction of sp³-hybridized carbons (Fsp3) is 0.588. The zero-order valence-electron chi connectivity index (χ0n) is 14.0. The second kappa shape index (κ2) is 7.44. The Kier molecular flexibility index (Phi) is 5.77. The molecule has 2 rings (SSSR count). The van der Waals surface area contributed by atoms with Crippen molar-refractivity contribution in [3.05, 3.63) is 35.4 Å². The van der Waals surface area contributed by atoms with E-state index in [4.69, 9.17) is 4.74 Å². The van der Waals surface area contributed by atoms with Gasteiger partial charge in [0.2, 0.25) is 0 Å². The number of aliphatic hydroxyl groups is 1. The first-order valence-corrected chi connectivity index (χ1v) is 7.97. The van der Waals surface area contributed by atoms with Gasteiger partial charge in [-0.05, 0) is 37.7 Å². The molecule has 2 amide bonds. The number of methoxy groups -OCH3 is 1. The third-order valence-electron chi connectivity index (χ3n) is 4.52. The Hall–Kier alpha value is -1.73. The summed E-state index contributed by atoms with van der Waals surface area (Å²) < 4.78 is 31.8. The number of halogens is 2. The van der Waals surface area contributed by atoms with Crippen molar-refractivity contribution in [2.24, 2.45) is 5.41 Å². The molecular formula is C17H24F2N2O3. The summed E-state index contributed by atoms with van der Waals surface area (Å²) in [6, 6.07) is 2.52. The molecule has 1 atom stereocenters. The van der Waals surface area contributed by atoms with E-state index in [9.17, 15) is 18.7 Å². The van der Waals surface area contributed by atoms with Gasteiger partial charge in [0.1, 0.15) is 17.2 Å². The lowest BCUT2D eigenvalue weighted by Crippen LogP contribution is -2.45. The summed E-state index contributed by atoms with van der Waals surface area (Å²) in [6.45, 7) is 2.37. The smallest absolute Gasteiger partial charge is 0.314 e. The maximum absolute atomic E-state index is 13.8. The number of hydrogen-bond acceptors (Lipinski definition) is 3. The van der Waals surface area contributed by atoms with Gasteiger partial charge in [0, 0.05) is 31.9 Å². The van der Waals surface area contributed by atoms with Crippen LogP contribution in [-0.2, 0) is 10.3 Å². The Labute approximate surface area is 140 Å². The van der Waals surface area contributed by atoms with Gasteiger partial charge in [-0.3, -0.25) is 0 Å². The van der Waals surface area contributed by atoms with Crippen LogP contribution in [0.5, 0.6) is 0 Å². The van der Waals surface area contributed by atoms with Gasteiger partial charge < -0.3 is 20.5 Å². The van der Waals surface area contributed by atoms with Gasteiger partial charge >= 0.3 is 6.03 Å². The van der Waals surface area contributed by atoms with E-state index in [0.717, 1.165) is 25.3 Å². The second-order valence-corrected chi connectivity index (χ2v) is 6.68. The van der Waals surface area contributed by atoms with E-state index in [-0.39, 0.29) is 17.5 Å². The van der Waals surface area contributed by atoms with Gasteiger partial charge in [-0.1, -0.05) is 6.07 Å². The quantitative estimate of drug-likeness (QED) is 0.679. The fourth-order valence-electron chi connectivity index (χ4n) is 2.61. The lowest BCUT2D eigenvalue weighted by Gasteiger charge is -2.25. The molecular weight excluding hydrogens is 318 g/mol. The van der Waals surface area contributed by atoms with E-state index in [1.54, 1.807) is 7.11 Å². The zero-order chi connectivity index (χ0) is 17.8. The van der Waals surface area contributed by atoms with Crippen LogP contribution in [0.25, 0.3) is 0 Å². The molecule has 24 heavy (non-hydrogen) atoms. The Morgan fingerprint density at radius 3 is 2.67 bits per heavy atom. The van der Waals surface area contributed by atoms with Crippen LogP contribution in [0.2, 0.25) is 0 Å². The summed E-state index contributed by atoms with van der Waals surface area (Å²) in [4.78, 5) is 11.9. The molecule has 0 bridgehead atoms. The van der Waals surface area contributed by atoms with Crippen LogP contribution < -0.4 is 10.6 Å². The second-order valence-electron chi connectivity index (χ2n) is 6.68. The van der Waals surface area contributed by atoms with E-state index in [0.29, 0.717) is 19.2 Å². The van der Waals surface area contributed by atoms with E-state index < -0.39 is 23.3 Å². The number of nitrogens with one attached hydrogen (secondary N) is 2. The highest BCUT2D eigenvalue weighted by Crippen LogP contribution is 2.48. The Balaban J connectivity index is 1.82. The van der Waals surface area contributed by atoms with Crippen LogP contribution in [0.15, 0.2) is 18.2 Å². The normalized spacial score (nSPS) is 17.9. The maximum atomic E-state index is 13.8. The van der Waals surface area contributed by atoms with Gasteiger partial charge in [0.05, 0.1) is 6.54 Å². The first-order chi connectivity index (χ1) is 11.3.